The molecule has 0 saturated heterocycles. The van der Waals surface area contributed by atoms with E-state index in [1.807, 2.05) is 0 Å². The van der Waals surface area contributed by atoms with Gasteiger partial charge < -0.3 is 5.11 Å². The van der Waals surface area contributed by atoms with Crippen LogP contribution in [-0.2, 0) is 5.60 Å². The zero-order valence-corrected chi connectivity index (χ0v) is 11.5. The Morgan fingerprint density at radius 3 is 2.89 bits per heavy atom. The highest BCUT2D eigenvalue weighted by molar-refractivity contribution is 6.31. The molecule has 1 fully saturated rings. The summed E-state index contributed by atoms with van der Waals surface area (Å²) in [5.41, 5.74) is -0.399. The van der Waals surface area contributed by atoms with E-state index in [0.29, 0.717) is 29.3 Å². The molecular formula is C15H20ClFO. The summed E-state index contributed by atoms with van der Waals surface area (Å²) in [6.07, 6.45) is 5.60. The monoisotopic (exact) mass is 270 g/mol. The standard InChI is InChI=1S/C15H20ClFO/c1-2-11-4-3-8-15(18,9-7-11)13-10-12(17)5-6-14(13)16/h5-6,10-11,18H,2-4,7-9H2,1H3. The van der Waals surface area contributed by atoms with Crippen LogP contribution in [0.3, 0.4) is 0 Å². The Hall–Kier alpha value is -0.600. The van der Waals surface area contributed by atoms with E-state index in [0.717, 1.165) is 25.7 Å². The molecule has 2 unspecified atom stereocenters. The van der Waals surface area contributed by atoms with Gasteiger partial charge in [-0.2, -0.15) is 0 Å². The fourth-order valence-corrected chi connectivity index (χ4v) is 3.22. The molecule has 0 aliphatic heterocycles. The van der Waals surface area contributed by atoms with Crippen LogP contribution in [0.1, 0.15) is 51.0 Å². The second-order valence-electron chi connectivity index (χ2n) is 5.36. The molecule has 18 heavy (non-hydrogen) atoms. The second-order valence-corrected chi connectivity index (χ2v) is 5.77. The SMILES string of the molecule is CCC1CCCC(O)(c2cc(F)ccc2Cl)CC1. The normalized spacial score (nSPS) is 29.0. The predicted octanol–water partition coefficient (Wildman–Crippen LogP) is 4.66. The molecule has 1 aromatic rings. The third-order valence-corrected chi connectivity index (χ3v) is 4.51. The van der Waals surface area contributed by atoms with Crippen LogP contribution in [-0.4, -0.2) is 5.11 Å². The van der Waals surface area contributed by atoms with Crippen molar-refractivity contribution in [1.29, 1.82) is 0 Å². The molecule has 1 aliphatic carbocycles. The lowest BCUT2D eigenvalue weighted by Crippen LogP contribution is -2.25. The minimum Gasteiger partial charge on any atom is -0.385 e. The van der Waals surface area contributed by atoms with Crippen LogP contribution in [0.2, 0.25) is 5.02 Å². The van der Waals surface area contributed by atoms with Crippen molar-refractivity contribution in [1.82, 2.24) is 0 Å². The van der Waals surface area contributed by atoms with Crippen molar-refractivity contribution < 1.29 is 9.50 Å². The molecule has 2 rings (SSSR count). The maximum absolute atomic E-state index is 13.3. The van der Waals surface area contributed by atoms with Crippen molar-refractivity contribution in [2.75, 3.05) is 0 Å². The average molecular weight is 271 g/mol. The summed E-state index contributed by atoms with van der Waals surface area (Å²) in [6, 6.07) is 4.25. The first kappa shape index (κ1) is 13.8. The third kappa shape index (κ3) is 2.86. The van der Waals surface area contributed by atoms with Gasteiger partial charge in [-0.25, -0.2) is 4.39 Å². The van der Waals surface area contributed by atoms with Crippen LogP contribution in [0.15, 0.2) is 18.2 Å². The number of hydrogen-bond acceptors (Lipinski definition) is 1. The van der Waals surface area contributed by atoms with Gasteiger partial charge in [-0.3, -0.25) is 0 Å². The van der Waals surface area contributed by atoms with Crippen LogP contribution >= 0.6 is 11.6 Å². The Balaban J connectivity index is 2.27. The largest absolute Gasteiger partial charge is 0.385 e. The molecule has 0 bridgehead atoms. The van der Waals surface area contributed by atoms with E-state index in [2.05, 4.69) is 6.92 Å². The smallest absolute Gasteiger partial charge is 0.123 e. The number of rotatable bonds is 2. The van der Waals surface area contributed by atoms with Crippen molar-refractivity contribution in [3.8, 4) is 0 Å². The first-order valence-electron chi connectivity index (χ1n) is 6.73. The minimum absolute atomic E-state index is 0.334. The lowest BCUT2D eigenvalue weighted by Gasteiger charge is -2.28. The molecule has 0 aromatic heterocycles. The summed E-state index contributed by atoms with van der Waals surface area (Å²) in [5.74, 6) is 0.338. The van der Waals surface area contributed by atoms with E-state index >= 15 is 0 Å². The lowest BCUT2D eigenvalue weighted by molar-refractivity contribution is 0.0194. The number of benzene rings is 1. The van der Waals surface area contributed by atoms with Crippen molar-refractivity contribution in [3.63, 3.8) is 0 Å². The number of aliphatic hydroxyl groups is 1. The molecule has 1 nitrogen and oxygen atoms in total. The fourth-order valence-electron chi connectivity index (χ4n) is 2.93. The summed E-state index contributed by atoms with van der Waals surface area (Å²) in [7, 11) is 0. The maximum Gasteiger partial charge on any atom is 0.123 e. The highest BCUT2D eigenvalue weighted by Gasteiger charge is 2.34. The molecule has 0 amide bonds. The molecule has 0 radical (unpaired) electrons. The van der Waals surface area contributed by atoms with Gasteiger partial charge in [0.2, 0.25) is 0 Å². The summed E-state index contributed by atoms with van der Waals surface area (Å²) in [4.78, 5) is 0. The topological polar surface area (TPSA) is 20.2 Å². The van der Waals surface area contributed by atoms with Gasteiger partial charge in [-0.15, -0.1) is 0 Å². The van der Waals surface area contributed by atoms with Gasteiger partial charge >= 0.3 is 0 Å². The van der Waals surface area contributed by atoms with Crippen LogP contribution in [0.4, 0.5) is 4.39 Å². The highest BCUT2D eigenvalue weighted by atomic mass is 35.5. The van der Waals surface area contributed by atoms with Gasteiger partial charge in [0.25, 0.3) is 0 Å². The summed E-state index contributed by atoms with van der Waals surface area (Å²) < 4.78 is 13.3. The Morgan fingerprint density at radius 1 is 1.39 bits per heavy atom. The molecule has 0 heterocycles. The van der Waals surface area contributed by atoms with Gasteiger partial charge in [0.15, 0.2) is 0 Å². The van der Waals surface area contributed by atoms with E-state index in [-0.39, 0.29) is 5.82 Å². The third-order valence-electron chi connectivity index (χ3n) is 4.18. The summed E-state index contributed by atoms with van der Waals surface area (Å²) >= 11 is 6.12. The molecule has 1 aliphatic rings. The Bertz CT molecular complexity index is 421. The molecule has 2 atom stereocenters. The summed E-state index contributed by atoms with van der Waals surface area (Å²) in [6.45, 7) is 2.18. The van der Waals surface area contributed by atoms with E-state index in [1.54, 1.807) is 0 Å². The fraction of sp³-hybridized carbons (Fsp3) is 0.600. The molecular weight excluding hydrogens is 251 g/mol. The molecule has 1 aromatic carbocycles. The molecule has 3 heteroatoms. The minimum atomic E-state index is -0.955. The van der Waals surface area contributed by atoms with Crippen molar-refractivity contribution >= 4 is 11.6 Å². The van der Waals surface area contributed by atoms with Gasteiger partial charge in [-0.05, 0) is 49.8 Å². The first-order chi connectivity index (χ1) is 8.55. The van der Waals surface area contributed by atoms with Gasteiger partial charge in [0.1, 0.15) is 5.82 Å². The van der Waals surface area contributed by atoms with Crippen LogP contribution in [0, 0.1) is 11.7 Å². The van der Waals surface area contributed by atoms with E-state index < -0.39 is 5.60 Å². The van der Waals surface area contributed by atoms with Crippen LogP contribution < -0.4 is 0 Å². The predicted molar refractivity (Wildman–Crippen MR) is 72.2 cm³/mol. The first-order valence-corrected chi connectivity index (χ1v) is 7.11. The Kier molecular flexibility index (Phi) is 4.29. The number of hydrogen-bond donors (Lipinski definition) is 1. The Labute approximate surface area is 113 Å². The van der Waals surface area contributed by atoms with Crippen molar-refractivity contribution in [3.05, 3.63) is 34.6 Å². The van der Waals surface area contributed by atoms with Gasteiger partial charge in [0.05, 0.1) is 5.60 Å². The van der Waals surface area contributed by atoms with Crippen LogP contribution in [0.5, 0.6) is 0 Å². The van der Waals surface area contributed by atoms with Crippen molar-refractivity contribution in [2.45, 2.75) is 51.0 Å². The average Bonchev–Trinajstić information content (AvgIpc) is 2.55. The second kappa shape index (κ2) is 5.58. The lowest BCUT2D eigenvalue weighted by atomic mass is 9.86. The molecule has 1 N–H and O–H groups in total. The van der Waals surface area contributed by atoms with Gasteiger partial charge in [-0.1, -0.05) is 31.4 Å². The zero-order valence-electron chi connectivity index (χ0n) is 10.8. The molecule has 1 saturated carbocycles. The van der Waals surface area contributed by atoms with E-state index in [4.69, 9.17) is 11.6 Å². The quantitative estimate of drug-likeness (QED) is 0.775. The van der Waals surface area contributed by atoms with Crippen molar-refractivity contribution in [2.24, 2.45) is 5.92 Å². The zero-order chi connectivity index (χ0) is 13.2. The van der Waals surface area contributed by atoms with Gasteiger partial charge in [0, 0.05) is 10.6 Å². The summed E-state index contributed by atoms with van der Waals surface area (Å²) in [5, 5.41) is 11.3. The highest BCUT2D eigenvalue weighted by Crippen LogP contribution is 2.41. The van der Waals surface area contributed by atoms with E-state index in [1.165, 1.54) is 18.2 Å². The molecule has 0 spiro atoms. The Morgan fingerprint density at radius 2 is 2.17 bits per heavy atom. The van der Waals surface area contributed by atoms with E-state index in [9.17, 15) is 9.50 Å². The van der Waals surface area contributed by atoms with Crippen LogP contribution in [0.25, 0.3) is 0 Å². The number of halogens is 2. The maximum atomic E-state index is 13.3. The molecule has 100 valence electrons.